The van der Waals surface area contributed by atoms with E-state index in [4.69, 9.17) is 5.11 Å². The van der Waals surface area contributed by atoms with E-state index in [9.17, 15) is 10.1 Å². The largest absolute Gasteiger partial charge is 0.391 e. The summed E-state index contributed by atoms with van der Waals surface area (Å²) in [6, 6.07) is 10.2. The Balaban J connectivity index is 2.10. The van der Waals surface area contributed by atoms with Crippen molar-refractivity contribution in [2.75, 3.05) is 0 Å². The highest BCUT2D eigenvalue weighted by Crippen LogP contribution is 2.34. The van der Waals surface area contributed by atoms with Gasteiger partial charge in [0.1, 0.15) is 0 Å². The average Bonchev–Trinajstić information content (AvgIpc) is 2.77. The molecule has 0 aliphatic rings. The molecule has 1 aromatic heterocycles. The van der Waals surface area contributed by atoms with Crippen LogP contribution in [0.5, 0.6) is 0 Å². The van der Waals surface area contributed by atoms with Crippen molar-refractivity contribution >= 4 is 28.8 Å². The number of hydrogen-bond acceptors (Lipinski definition) is 5. The molecule has 2 rings (SSSR count). The molecule has 17 heavy (non-hydrogen) atoms. The lowest BCUT2D eigenvalue weighted by atomic mass is 10.3. The Morgan fingerprint density at radius 1 is 1.24 bits per heavy atom. The number of thiophene rings is 1. The van der Waals surface area contributed by atoms with Crippen molar-refractivity contribution in [3.63, 3.8) is 0 Å². The predicted octanol–water partition coefficient (Wildman–Crippen LogP) is 3.30. The Kier molecular flexibility index (Phi) is 3.78. The second-order valence-electron chi connectivity index (χ2n) is 3.23. The molecule has 0 aliphatic heterocycles. The summed E-state index contributed by atoms with van der Waals surface area (Å²) in [4.78, 5) is 11.9. The lowest BCUT2D eigenvalue weighted by Gasteiger charge is -1.97. The van der Waals surface area contributed by atoms with E-state index in [0.717, 1.165) is 14.0 Å². The summed E-state index contributed by atoms with van der Waals surface area (Å²) >= 11 is 3.05. The van der Waals surface area contributed by atoms with Gasteiger partial charge >= 0.3 is 0 Å². The van der Waals surface area contributed by atoms with Crippen LogP contribution in [0.15, 0.2) is 45.5 Å². The summed E-state index contributed by atoms with van der Waals surface area (Å²) in [6.07, 6.45) is 0. The Morgan fingerprint density at radius 3 is 2.47 bits per heavy atom. The van der Waals surface area contributed by atoms with Crippen LogP contribution in [0, 0.1) is 10.1 Å². The van der Waals surface area contributed by atoms with Gasteiger partial charge in [-0.15, -0.1) is 11.3 Å². The quantitative estimate of drug-likeness (QED) is 0.682. The first-order valence-electron chi connectivity index (χ1n) is 4.81. The van der Waals surface area contributed by atoms with E-state index in [1.165, 1.54) is 35.2 Å². The molecule has 4 nitrogen and oxygen atoms in total. The monoisotopic (exact) mass is 267 g/mol. The molecule has 0 saturated carbocycles. The van der Waals surface area contributed by atoms with Crippen molar-refractivity contribution < 1.29 is 10.0 Å². The number of aliphatic hydroxyl groups is 1. The smallest absolute Gasteiger partial charge is 0.269 e. The second kappa shape index (κ2) is 5.31. The van der Waals surface area contributed by atoms with E-state index in [0.29, 0.717) is 0 Å². The van der Waals surface area contributed by atoms with E-state index in [1.54, 1.807) is 12.1 Å². The molecule has 0 saturated heterocycles. The summed E-state index contributed by atoms with van der Waals surface area (Å²) in [7, 11) is 0. The lowest BCUT2D eigenvalue weighted by molar-refractivity contribution is -0.384. The zero-order valence-corrected chi connectivity index (χ0v) is 10.3. The highest BCUT2D eigenvalue weighted by atomic mass is 32.2. The van der Waals surface area contributed by atoms with Crippen LogP contribution in [0.1, 0.15) is 4.88 Å². The maximum Gasteiger partial charge on any atom is 0.269 e. The van der Waals surface area contributed by atoms with Crippen LogP contribution in [-0.2, 0) is 6.61 Å². The fourth-order valence-electron chi connectivity index (χ4n) is 1.25. The third-order valence-corrected chi connectivity index (χ3v) is 4.27. The molecule has 6 heteroatoms. The number of nitro groups is 1. The lowest BCUT2D eigenvalue weighted by Crippen LogP contribution is -1.86. The molecule has 88 valence electrons. The molecule has 1 aromatic carbocycles. The van der Waals surface area contributed by atoms with Crippen molar-refractivity contribution in [2.24, 2.45) is 0 Å². The van der Waals surface area contributed by atoms with Crippen molar-refractivity contribution in [1.29, 1.82) is 0 Å². The van der Waals surface area contributed by atoms with Gasteiger partial charge in [0.25, 0.3) is 5.69 Å². The second-order valence-corrected chi connectivity index (χ2v) is 5.77. The van der Waals surface area contributed by atoms with Crippen LogP contribution in [0.4, 0.5) is 5.69 Å². The van der Waals surface area contributed by atoms with Crippen molar-refractivity contribution in [1.82, 2.24) is 0 Å². The Bertz CT molecular complexity index is 522. The zero-order valence-electron chi connectivity index (χ0n) is 8.70. The molecule has 0 radical (unpaired) electrons. The minimum absolute atomic E-state index is 0.0471. The molecular formula is C11H9NO3S2. The van der Waals surface area contributed by atoms with Gasteiger partial charge < -0.3 is 5.11 Å². The van der Waals surface area contributed by atoms with Crippen LogP contribution in [0.3, 0.4) is 0 Å². The zero-order chi connectivity index (χ0) is 12.3. The number of nitrogens with zero attached hydrogens (tertiary/aromatic N) is 1. The first-order chi connectivity index (χ1) is 8.19. The van der Waals surface area contributed by atoms with Gasteiger partial charge in [-0.25, -0.2) is 0 Å². The van der Waals surface area contributed by atoms with E-state index >= 15 is 0 Å². The Morgan fingerprint density at radius 2 is 1.94 bits per heavy atom. The number of benzene rings is 1. The molecule has 1 heterocycles. The Hall–Kier alpha value is -1.37. The maximum atomic E-state index is 10.5. The van der Waals surface area contributed by atoms with Gasteiger partial charge in [-0.2, -0.15) is 0 Å². The van der Waals surface area contributed by atoms with Crippen molar-refractivity contribution in [3.8, 4) is 0 Å². The summed E-state index contributed by atoms with van der Waals surface area (Å²) in [5.74, 6) is 0. The van der Waals surface area contributed by atoms with Gasteiger partial charge in [-0.05, 0) is 24.3 Å². The van der Waals surface area contributed by atoms with Gasteiger partial charge in [0.2, 0.25) is 0 Å². The molecule has 0 unspecified atom stereocenters. The van der Waals surface area contributed by atoms with Crippen molar-refractivity contribution in [3.05, 3.63) is 51.4 Å². The highest BCUT2D eigenvalue weighted by molar-refractivity contribution is 8.01. The minimum Gasteiger partial charge on any atom is -0.391 e. The fraction of sp³-hybridized carbons (Fsp3) is 0.0909. The minimum atomic E-state index is -0.413. The number of non-ortho nitro benzene ring substituents is 1. The molecule has 0 spiro atoms. The molecule has 1 N–H and O–H groups in total. The van der Waals surface area contributed by atoms with Crippen LogP contribution in [0.25, 0.3) is 0 Å². The summed E-state index contributed by atoms with van der Waals surface area (Å²) in [5, 5.41) is 19.4. The number of rotatable bonds is 4. The number of nitro benzene ring substituents is 1. The molecule has 2 aromatic rings. The topological polar surface area (TPSA) is 63.4 Å². The van der Waals surface area contributed by atoms with Gasteiger partial charge in [0, 0.05) is 21.9 Å². The molecule has 0 amide bonds. The third kappa shape index (κ3) is 3.06. The van der Waals surface area contributed by atoms with Gasteiger partial charge in [0.05, 0.1) is 15.7 Å². The third-order valence-electron chi connectivity index (χ3n) is 2.06. The van der Waals surface area contributed by atoms with Crippen molar-refractivity contribution in [2.45, 2.75) is 15.7 Å². The molecule has 0 aliphatic carbocycles. The predicted molar refractivity (Wildman–Crippen MR) is 67.5 cm³/mol. The maximum absolute atomic E-state index is 10.5. The molecule has 0 fully saturated rings. The van der Waals surface area contributed by atoms with Crippen LogP contribution >= 0.6 is 23.1 Å². The van der Waals surface area contributed by atoms with Gasteiger partial charge in [-0.3, -0.25) is 10.1 Å². The van der Waals surface area contributed by atoms with E-state index < -0.39 is 4.92 Å². The molecular weight excluding hydrogens is 258 g/mol. The standard InChI is InChI=1S/C11H9NO3S2/c13-7-10-5-6-11(17-10)16-9-3-1-8(2-4-9)12(14)15/h1-6,13H,7H2. The number of aliphatic hydroxyl groups excluding tert-OH is 1. The van der Waals surface area contributed by atoms with Crippen LogP contribution in [0.2, 0.25) is 0 Å². The molecule has 0 atom stereocenters. The summed E-state index contributed by atoms with van der Waals surface area (Å²) in [5.41, 5.74) is 0.0941. The van der Waals surface area contributed by atoms with E-state index in [-0.39, 0.29) is 12.3 Å². The SMILES string of the molecule is O=[N+]([O-])c1ccc(Sc2ccc(CO)s2)cc1. The average molecular weight is 267 g/mol. The summed E-state index contributed by atoms with van der Waals surface area (Å²) < 4.78 is 1.06. The van der Waals surface area contributed by atoms with E-state index in [1.807, 2.05) is 12.1 Å². The first-order valence-corrected chi connectivity index (χ1v) is 6.44. The number of hydrogen-bond donors (Lipinski definition) is 1. The van der Waals surface area contributed by atoms with E-state index in [2.05, 4.69) is 0 Å². The van der Waals surface area contributed by atoms with Crippen LogP contribution < -0.4 is 0 Å². The van der Waals surface area contributed by atoms with Crippen LogP contribution in [-0.4, -0.2) is 10.0 Å². The summed E-state index contributed by atoms with van der Waals surface area (Å²) in [6.45, 7) is 0.0471. The van der Waals surface area contributed by atoms with Gasteiger partial charge in [-0.1, -0.05) is 11.8 Å². The van der Waals surface area contributed by atoms with Gasteiger partial charge in [0.15, 0.2) is 0 Å². The fourth-order valence-corrected chi connectivity index (χ4v) is 3.26. The highest BCUT2D eigenvalue weighted by Gasteiger charge is 2.06. The normalized spacial score (nSPS) is 10.4. The first kappa shape index (κ1) is 12.1. The Labute approximate surface area is 106 Å². The molecule has 0 bridgehead atoms.